The quantitative estimate of drug-likeness (QED) is 0.215. The molecular formula is C29H23F7INO4S. The van der Waals surface area contributed by atoms with Crippen LogP contribution in [0.25, 0.3) is 0 Å². The number of hydrogen-bond acceptors (Lipinski definition) is 4. The van der Waals surface area contributed by atoms with Gasteiger partial charge in [0, 0.05) is 28.3 Å². The highest BCUT2D eigenvalue weighted by molar-refractivity contribution is 14.1. The van der Waals surface area contributed by atoms with Gasteiger partial charge in [-0.05, 0) is 94.9 Å². The number of carboxylic acids is 1. The van der Waals surface area contributed by atoms with Crippen LogP contribution in [0.4, 0.5) is 30.7 Å². The number of aromatic carboxylic acids is 1. The third-order valence-corrected chi connectivity index (χ3v) is 11.6. The molecule has 0 spiro atoms. The largest absolute Gasteiger partial charge is 0.478 e. The average molecular weight is 741 g/mol. The fourth-order valence-corrected chi connectivity index (χ4v) is 9.12. The minimum absolute atomic E-state index is 0.0273. The van der Waals surface area contributed by atoms with Gasteiger partial charge in [-0.15, -0.1) is 0 Å². The second-order valence-corrected chi connectivity index (χ2v) is 14.1. The van der Waals surface area contributed by atoms with Crippen molar-refractivity contribution in [1.29, 1.82) is 0 Å². The van der Waals surface area contributed by atoms with Gasteiger partial charge in [0.2, 0.25) is 0 Å². The van der Waals surface area contributed by atoms with Crippen LogP contribution in [0.1, 0.15) is 45.5 Å². The van der Waals surface area contributed by atoms with Crippen LogP contribution < -0.4 is 0 Å². The van der Waals surface area contributed by atoms with Crippen LogP contribution in [0, 0.1) is 3.57 Å². The van der Waals surface area contributed by atoms with Crippen molar-refractivity contribution in [1.82, 2.24) is 4.90 Å². The van der Waals surface area contributed by atoms with Gasteiger partial charge in [-0.2, -0.15) is 26.3 Å². The van der Waals surface area contributed by atoms with Crippen molar-refractivity contribution in [2.75, 3.05) is 6.54 Å². The summed E-state index contributed by atoms with van der Waals surface area (Å²) in [4.78, 5) is 13.2. The summed E-state index contributed by atoms with van der Waals surface area (Å²) in [5.74, 6) is -1.15. The number of sulfone groups is 1. The summed E-state index contributed by atoms with van der Waals surface area (Å²) < 4.78 is 124. The SMILES string of the molecule is O=C(O)c1cccc(CN2CC[C@@]3(S(=O)(=O)c4ccc(I)cc4)c4ccc(C(F)(C(F)(F)F)C(F)(F)F)cc4CC[C@@H]23)c1. The molecule has 2 aliphatic rings. The highest BCUT2D eigenvalue weighted by Crippen LogP contribution is 2.56. The second kappa shape index (κ2) is 10.7. The summed E-state index contributed by atoms with van der Waals surface area (Å²) in [6.07, 6.45) is -12.7. The van der Waals surface area contributed by atoms with Crippen LogP contribution in [0.2, 0.25) is 0 Å². The van der Waals surface area contributed by atoms with Crippen LogP contribution in [0.15, 0.2) is 71.6 Å². The molecule has 14 heteroatoms. The lowest BCUT2D eigenvalue weighted by molar-refractivity contribution is -0.348. The van der Waals surface area contributed by atoms with E-state index in [9.17, 15) is 49.1 Å². The minimum atomic E-state index is -6.31. The molecule has 0 radical (unpaired) electrons. The first-order valence-corrected chi connectivity index (χ1v) is 15.5. The lowest BCUT2D eigenvalue weighted by atomic mass is 9.76. The zero-order valence-electron chi connectivity index (χ0n) is 22.0. The molecule has 3 aromatic rings. The number of nitrogens with zero attached hydrogens (tertiary/aromatic N) is 1. The lowest BCUT2D eigenvalue weighted by Gasteiger charge is -2.43. The Labute approximate surface area is 255 Å². The Bertz CT molecular complexity index is 1660. The molecule has 2 atom stereocenters. The van der Waals surface area contributed by atoms with Gasteiger partial charge >= 0.3 is 24.0 Å². The maximum absolute atomic E-state index is 15.0. The fourth-order valence-electron chi connectivity index (χ4n) is 6.37. The van der Waals surface area contributed by atoms with E-state index < -0.39 is 50.2 Å². The van der Waals surface area contributed by atoms with E-state index in [1.807, 2.05) is 27.5 Å². The van der Waals surface area contributed by atoms with Crippen molar-refractivity contribution in [2.45, 2.75) is 59.5 Å². The first-order valence-electron chi connectivity index (χ1n) is 13.0. The average Bonchev–Trinajstić information content (AvgIpc) is 3.31. The number of rotatable bonds is 6. The summed E-state index contributed by atoms with van der Waals surface area (Å²) in [7, 11) is -4.32. The van der Waals surface area contributed by atoms with Gasteiger partial charge in [-0.3, -0.25) is 4.90 Å². The van der Waals surface area contributed by atoms with E-state index in [0.29, 0.717) is 17.7 Å². The van der Waals surface area contributed by atoms with Crippen molar-refractivity contribution >= 4 is 38.4 Å². The van der Waals surface area contributed by atoms with Crippen LogP contribution in [-0.2, 0) is 33.2 Å². The van der Waals surface area contributed by atoms with Gasteiger partial charge in [-0.1, -0.05) is 30.3 Å². The zero-order chi connectivity index (χ0) is 31.6. The van der Waals surface area contributed by atoms with E-state index in [0.717, 1.165) is 9.64 Å². The number of hydrogen-bond donors (Lipinski definition) is 1. The van der Waals surface area contributed by atoms with Crippen LogP contribution in [0.5, 0.6) is 0 Å². The standard InChI is InChI=1S/C29H23F7INO4S/c30-27(28(31,32)33,29(34,35)36)20-5-10-23-18(15-20)4-11-24-26(23,43(41,42)22-8-6-21(37)7-9-22)12-13-38(24)16-17-2-1-3-19(14-17)25(39)40/h1-3,5-10,14-15,24H,4,11-13,16H2,(H,39,40)/t24-,26-/m1/s1. The van der Waals surface area contributed by atoms with E-state index in [2.05, 4.69) is 0 Å². The number of benzene rings is 3. The van der Waals surface area contributed by atoms with Crippen molar-refractivity contribution in [3.8, 4) is 0 Å². The summed E-state index contributed by atoms with van der Waals surface area (Å²) in [5.41, 5.74) is -6.77. The summed E-state index contributed by atoms with van der Waals surface area (Å²) in [6, 6.07) is 13.0. The predicted molar refractivity (Wildman–Crippen MR) is 150 cm³/mol. The number of fused-ring (bicyclic) bond motifs is 3. The molecule has 1 aliphatic heterocycles. The topological polar surface area (TPSA) is 74.7 Å². The maximum Gasteiger partial charge on any atom is 0.435 e. The lowest BCUT2D eigenvalue weighted by Crippen LogP contribution is -2.52. The molecule has 1 saturated heterocycles. The number of halogens is 8. The molecule has 1 aliphatic carbocycles. The Kier molecular flexibility index (Phi) is 7.90. The Balaban J connectivity index is 1.66. The number of carbonyl (C=O) groups is 1. The van der Waals surface area contributed by atoms with Crippen molar-refractivity contribution in [2.24, 2.45) is 0 Å². The van der Waals surface area contributed by atoms with Crippen LogP contribution in [-0.4, -0.2) is 49.3 Å². The Hall–Kier alpha value is -2.72. The van der Waals surface area contributed by atoms with Gasteiger partial charge < -0.3 is 5.11 Å². The predicted octanol–water partition coefficient (Wildman–Crippen LogP) is 7.17. The molecule has 0 saturated carbocycles. The van der Waals surface area contributed by atoms with Crippen LogP contribution in [0.3, 0.4) is 0 Å². The highest BCUT2D eigenvalue weighted by Gasteiger charge is 2.73. The molecule has 3 aromatic carbocycles. The monoisotopic (exact) mass is 741 g/mol. The Morgan fingerprint density at radius 1 is 0.953 bits per heavy atom. The molecule has 0 bridgehead atoms. The van der Waals surface area contributed by atoms with E-state index >= 15 is 0 Å². The third kappa shape index (κ3) is 5.02. The normalized spacial score (nSPS) is 21.3. The van der Waals surface area contributed by atoms with Gasteiger partial charge in [0.1, 0.15) is 4.75 Å². The highest BCUT2D eigenvalue weighted by atomic mass is 127. The number of likely N-dealkylation sites (tertiary alicyclic amines) is 1. The van der Waals surface area contributed by atoms with E-state index in [1.165, 1.54) is 24.3 Å². The zero-order valence-corrected chi connectivity index (χ0v) is 25.0. The fraction of sp³-hybridized carbons (Fsp3) is 0.345. The van der Waals surface area contributed by atoms with Gasteiger partial charge in [0.15, 0.2) is 9.84 Å². The van der Waals surface area contributed by atoms with Gasteiger partial charge in [0.05, 0.1) is 10.5 Å². The maximum atomic E-state index is 15.0. The summed E-state index contributed by atoms with van der Waals surface area (Å²) in [6.45, 7) is 0.337. The molecule has 230 valence electrons. The Morgan fingerprint density at radius 2 is 1.60 bits per heavy atom. The molecule has 1 N–H and O–H groups in total. The van der Waals surface area contributed by atoms with Gasteiger partial charge in [0.25, 0.3) is 0 Å². The molecule has 1 fully saturated rings. The van der Waals surface area contributed by atoms with Crippen molar-refractivity contribution in [3.05, 3.63) is 98.1 Å². The number of aryl methyl sites for hydroxylation is 1. The molecule has 0 aromatic heterocycles. The smallest absolute Gasteiger partial charge is 0.435 e. The summed E-state index contributed by atoms with van der Waals surface area (Å²) in [5, 5.41) is 9.38. The molecule has 0 unspecified atom stereocenters. The minimum Gasteiger partial charge on any atom is -0.478 e. The number of carboxylic acid groups (broad SMARTS) is 1. The van der Waals surface area contributed by atoms with Crippen molar-refractivity contribution in [3.63, 3.8) is 0 Å². The van der Waals surface area contributed by atoms with E-state index in [4.69, 9.17) is 0 Å². The number of alkyl halides is 7. The van der Waals surface area contributed by atoms with Crippen molar-refractivity contribution < 1.29 is 49.1 Å². The van der Waals surface area contributed by atoms with E-state index in [1.54, 1.807) is 24.3 Å². The molecule has 43 heavy (non-hydrogen) atoms. The first kappa shape index (κ1) is 31.7. The Morgan fingerprint density at radius 3 is 2.21 bits per heavy atom. The third-order valence-electron chi connectivity index (χ3n) is 8.34. The molecule has 5 nitrogen and oxygen atoms in total. The first-order chi connectivity index (χ1) is 19.9. The molecule has 0 amide bonds. The molecule has 5 rings (SSSR count). The van der Waals surface area contributed by atoms with E-state index in [-0.39, 0.29) is 53.9 Å². The molecule has 1 heterocycles. The second-order valence-electron chi connectivity index (χ2n) is 10.7. The van der Waals surface area contributed by atoms with Gasteiger partial charge in [-0.25, -0.2) is 17.6 Å². The van der Waals surface area contributed by atoms with Crippen LogP contribution >= 0.6 is 22.6 Å². The molecular weight excluding hydrogens is 718 g/mol. The summed E-state index contributed by atoms with van der Waals surface area (Å²) >= 11 is 1.99.